The molecule has 0 aliphatic carbocycles. The van der Waals surface area contributed by atoms with Crippen LogP contribution in [-0.4, -0.2) is 84.4 Å². The van der Waals surface area contributed by atoms with Crippen LogP contribution < -0.4 is 14.8 Å². The highest BCUT2D eigenvalue weighted by molar-refractivity contribution is 8.15. The molecule has 166 valence electrons. The molecule has 0 spiro atoms. The van der Waals surface area contributed by atoms with Crippen molar-refractivity contribution in [2.45, 2.75) is 11.7 Å². The van der Waals surface area contributed by atoms with Crippen molar-refractivity contribution in [3.8, 4) is 11.5 Å². The molecule has 12 heteroatoms. The summed E-state index contributed by atoms with van der Waals surface area (Å²) in [7, 11) is 1.49. The molecule has 2 aliphatic rings. The summed E-state index contributed by atoms with van der Waals surface area (Å²) in [4.78, 5) is 36.3. The van der Waals surface area contributed by atoms with Gasteiger partial charge in [0.15, 0.2) is 23.3 Å². The van der Waals surface area contributed by atoms with Crippen LogP contribution in [-0.2, 0) is 19.1 Å². The SMILES string of the molecule is COc1cc(C=NN=C2NC(=O)C(CC(=O)O)S2)ccc1OCC(=O)N1CCOCC1. The molecule has 2 N–H and O–H groups in total. The van der Waals surface area contributed by atoms with Gasteiger partial charge in [-0.2, -0.15) is 5.10 Å². The number of hydrogen-bond donors (Lipinski definition) is 2. The summed E-state index contributed by atoms with van der Waals surface area (Å²) in [6, 6.07) is 5.05. The number of rotatable bonds is 8. The van der Waals surface area contributed by atoms with Gasteiger partial charge in [-0.1, -0.05) is 11.8 Å². The number of carbonyl (C=O) groups excluding carboxylic acids is 2. The normalized spacial score (nSPS) is 20.2. The number of thioether (sulfide) groups is 1. The smallest absolute Gasteiger partial charge is 0.305 e. The molecule has 31 heavy (non-hydrogen) atoms. The van der Waals surface area contributed by atoms with E-state index in [1.807, 2.05) is 0 Å². The Kier molecular flexibility index (Phi) is 7.84. The highest BCUT2D eigenvalue weighted by atomic mass is 32.2. The molecule has 2 saturated heterocycles. The van der Waals surface area contributed by atoms with E-state index in [2.05, 4.69) is 15.5 Å². The lowest BCUT2D eigenvalue weighted by Crippen LogP contribution is -2.43. The predicted octanol–water partition coefficient (Wildman–Crippen LogP) is 0.329. The van der Waals surface area contributed by atoms with E-state index >= 15 is 0 Å². The Balaban J connectivity index is 1.57. The minimum atomic E-state index is -1.06. The van der Waals surface area contributed by atoms with E-state index in [0.29, 0.717) is 43.4 Å². The van der Waals surface area contributed by atoms with Gasteiger partial charge < -0.3 is 29.5 Å². The summed E-state index contributed by atoms with van der Waals surface area (Å²) in [6.07, 6.45) is 1.17. The molecule has 0 aromatic heterocycles. The van der Waals surface area contributed by atoms with Gasteiger partial charge in [0.25, 0.3) is 5.91 Å². The predicted molar refractivity (Wildman–Crippen MR) is 113 cm³/mol. The number of nitrogens with one attached hydrogen (secondary N) is 1. The first kappa shape index (κ1) is 22.6. The second-order valence-corrected chi connectivity index (χ2v) is 7.73. The molecule has 1 unspecified atom stereocenters. The third kappa shape index (κ3) is 6.43. The zero-order valence-electron chi connectivity index (χ0n) is 16.8. The lowest BCUT2D eigenvalue weighted by Gasteiger charge is -2.26. The van der Waals surface area contributed by atoms with E-state index in [4.69, 9.17) is 19.3 Å². The first-order chi connectivity index (χ1) is 15.0. The Morgan fingerprint density at radius 2 is 2.13 bits per heavy atom. The van der Waals surface area contributed by atoms with Crippen LogP contribution >= 0.6 is 11.8 Å². The van der Waals surface area contributed by atoms with Gasteiger partial charge in [0, 0.05) is 13.1 Å². The van der Waals surface area contributed by atoms with Crippen molar-refractivity contribution in [1.29, 1.82) is 0 Å². The summed E-state index contributed by atoms with van der Waals surface area (Å²) in [5, 5.41) is 18.6. The van der Waals surface area contributed by atoms with Gasteiger partial charge in [-0.15, -0.1) is 5.10 Å². The van der Waals surface area contributed by atoms with Gasteiger partial charge in [-0.25, -0.2) is 0 Å². The van der Waals surface area contributed by atoms with Crippen molar-refractivity contribution in [2.24, 2.45) is 10.2 Å². The van der Waals surface area contributed by atoms with E-state index in [-0.39, 0.29) is 24.1 Å². The number of amides is 2. The number of hydrogen-bond acceptors (Lipinski definition) is 9. The molecular formula is C19H22N4O7S. The van der Waals surface area contributed by atoms with Gasteiger partial charge in [0.1, 0.15) is 5.25 Å². The number of carbonyl (C=O) groups is 3. The number of carboxylic acids is 1. The highest BCUT2D eigenvalue weighted by Gasteiger charge is 2.32. The number of benzene rings is 1. The van der Waals surface area contributed by atoms with Gasteiger partial charge in [0.05, 0.1) is 33.0 Å². The molecule has 2 fully saturated rings. The number of aliphatic carboxylic acids is 1. The molecule has 2 heterocycles. The second-order valence-electron chi connectivity index (χ2n) is 6.54. The van der Waals surface area contributed by atoms with E-state index in [1.165, 1.54) is 13.3 Å². The molecular weight excluding hydrogens is 428 g/mol. The Labute approximate surface area is 182 Å². The third-order valence-corrected chi connectivity index (χ3v) is 5.47. The number of nitrogens with zero attached hydrogens (tertiary/aromatic N) is 3. The average Bonchev–Trinajstić information content (AvgIpc) is 3.11. The maximum atomic E-state index is 12.2. The lowest BCUT2D eigenvalue weighted by molar-refractivity contribution is -0.138. The maximum Gasteiger partial charge on any atom is 0.305 e. The first-order valence-electron chi connectivity index (χ1n) is 9.43. The van der Waals surface area contributed by atoms with Crippen molar-refractivity contribution in [1.82, 2.24) is 10.2 Å². The lowest BCUT2D eigenvalue weighted by atomic mass is 10.2. The fourth-order valence-electron chi connectivity index (χ4n) is 2.82. The molecule has 0 radical (unpaired) electrons. The minimum Gasteiger partial charge on any atom is -0.493 e. The molecule has 0 bridgehead atoms. The van der Waals surface area contributed by atoms with E-state index in [9.17, 15) is 14.4 Å². The molecule has 1 aromatic rings. The van der Waals surface area contributed by atoms with E-state index < -0.39 is 17.1 Å². The van der Waals surface area contributed by atoms with Crippen LogP contribution in [0.2, 0.25) is 0 Å². The number of amidine groups is 1. The van der Waals surface area contributed by atoms with Gasteiger partial charge >= 0.3 is 5.97 Å². The summed E-state index contributed by atoms with van der Waals surface area (Å²) in [5.41, 5.74) is 0.657. The first-order valence-corrected chi connectivity index (χ1v) is 10.3. The Hall–Kier alpha value is -3.12. The van der Waals surface area contributed by atoms with Gasteiger partial charge in [-0.3, -0.25) is 14.4 Å². The van der Waals surface area contributed by atoms with Crippen LogP contribution in [0, 0.1) is 0 Å². The van der Waals surface area contributed by atoms with Crippen molar-refractivity contribution in [2.75, 3.05) is 40.0 Å². The Morgan fingerprint density at radius 3 is 2.84 bits per heavy atom. The molecule has 1 atom stereocenters. The fourth-order valence-corrected chi connectivity index (χ4v) is 3.74. The molecule has 3 rings (SSSR count). The largest absolute Gasteiger partial charge is 0.493 e. The Bertz CT molecular complexity index is 899. The van der Waals surface area contributed by atoms with E-state index in [1.54, 1.807) is 23.1 Å². The highest BCUT2D eigenvalue weighted by Crippen LogP contribution is 2.28. The van der Waals surface area contributed by atoms with Crippen LogP contribution in [0.3, 0.4) is 0 Å². The van der Waals surface area contributed by atoms with Crippen LogP contribution in [0.25, 0.3) is 0 Å². The van der Waals surface area contributed by atoms with Crippen LogP contribution in [0.4, 0.5) is 0 Å². The minimum absolute atomic E-state index is 0.105. The number of carboxylic acid groups (broad SMARTS) is 1. The topological polar surface area (TPSA) is 139 Å². The average molecular weight is 450 g/mol. The van der Waals surface area contributed by atoms with Gasteiger partial charge in [-0.05, 0) is 23.8 Å². The summed E-state index contributed by atoms with van der Waals surface area (Å²) < 4.78 is 16.2. The molecule has 1 aromatic carbocycles. The van der Waals surface area contributed by atoms with Gasteiger partial charge in [0.2, 0.25) is 5.91 Å². The quantitative estimate of drug-likeness (QED) is 0.427. The summed E-state index contributed by atoms with van der Waals surface area (Å²) in [6.45, 7) is 2.04. The molecule has 2 amide bonds. The van der Waals surface area contributed by atoms with Crippen LogP contribution in [0.5, 0.6) is 11.5 Å². The van der Waals surface area contributed by atoms with Crippen LogP contribution in [0.15, 0.2) is 28.4 Å². The van der Waals surface area contributed by atoms with Crippen molar-refractivity contribution < 1.29 is 33.7 Å². The number of methoxy groups -OCH3 is 1. The number of ether oxygens (including phenoxy) is 3. The Morgan fingerprint density at radius 1 is 1.35 bits per heavy atom. The third-order valence-electron chi connectivity index (χ3n) is 4.39. The molecule has 2 aliphatic heterocycles. The second kappa shape index (κ2) is 10.8. The summed E-state index contributed by atoms with van der Waals surface area (Å²) in [5.74, 6) is -0.738. The fraction of sp³-hybridized carbons (Fsp3) is 0.421. The molecule has 0 saturated carbocycles. The summed E-state index contributed by atoms with van der Waals surface area (Å²) >= 11 is 1.02. The van der Waals surface area contributed by atoms with Crippen molar-refractivity contribution in [3.63, 3.8) is 0 Å². The van der Waals surface area contributed by atoms with E-state index in [0.717, 1.165) is 11.8 Å². The maximum absolute atomic E-state index is 12.2. The molecule has 11 nitrogen and oxygen atoms in total. The zero-order valence-corrected chi connectivity index (χ0v) is 17.6. The van der Waals surface area contributed by atoms with Crippen molar-refractivity contribution >= 4 is 40.9 Å². The standard InChI is InChI=1S/C19H22N4O7S/c1-28-14-8-12(10-20-22-19-21-18(27)15(31-19)9-17(25)26)2-3-13(14)30-11-16(24)23-4-6-29-7-5-23/h2-3,8,10,15H,4-7,9,11H2,1H3,(H,25,26)(H,21,22,27). The zero-order chi connectivity index (χ0) is 22.2. The number of morpholine rings is 1. The van der Waals surface area contributed by atoms with Crippen molar-refractivity contribution in [3.05, 3.63) is 23.8 Å². The van der Waals surface area contributed by atoms with Crippen LogP contribution in [0.1, 0.15) is 12.0 Å². The monoisotopic (exact) mass is 450 g/mol.